The van der Waals surface area contributed by atoms with Gasteiger partial charge in [-0.25, -0.2) is 9.78 Å². The number of carboxylic acids is 1. The lowest BCUT2D eigenvalue weighted by molar-refractivity contribution is 0.0698. The van der Waals surface area contributed by atoms with E-state index in [9.17, 15) is 20.0 Å². The van der Waals surface area contributed by atoms with E-state index in [1.54, 1.807) is 41.8 Å². The van der Waals surface area contributed by atoms with E-state index >= 15 is 0 Å². The highest BCUT2D eigenvalue weighted by atomic mass is 16.4. The number of hydrogen-bond donors (Lipinski definition) is 2. The largest absolute Gasteiger partial charge is 0.478 e. The summed E-state index contributed by atoms with van der Waals surface area (Å²) in [6, 6.07) is 10.8. The van der Waals surface area contributed by atoms with Crippen LogP contribution in [-0.2, 0) is 0 Å². The number of nitrogens with zero attached hydrogens (tertiary/aromatic N) is 4. The molecule has 0 bridgehead atoms. The van der Waals surface area contributed by atoms with Gasteiger partial charge in [-0.2, -0.15) is 5.26 Å². The molecule has 0 amide bonds. The van der Waals surface area contributed by atoms with Crippen molar-refractivity contribution in [3.8, 4) is 6.07 Å². The summed E-state index contributed by atoms with van der Waals surface area (Å²) in [5.74, 6) is -0.362. The first-order valence-electron chi connectivity index (χ1n) is 11.4. The van der Waals surface area contributed by atoms with Crippen LogP contribution in [0.15, 0.2) is 41.3 Å². The fourth-order valence-corrected chi connectivity index (χ4v) is 4.54. The lowest BCUT2D eigenvalue weighted by Crippen LogP contribution is -2.40. The second-order valence-electron chi connectivity index (χ2n) is 9.41. The summed E-state index contributed by atoms with van der Waals surface area (Å²) in [5.41, 5.74) is 3.03. The number of anilines is 2. The van der Waals surface area contributed by atoms with Crippen LogP contribution in [0.3, 0.4) is 0 Å². The van der Waals surface area contributed by atoms with Crippen LogP contribution in [-0.4, -0.2) is 33.6 Å². The normalized spacial score (nSPS) is 16.1. The molecule has 0 unspecified atom stereocenters. The molecule has 0 saturated carbocycles. The first-order valence-corrected chi connectivity index (χ1v) is 11.4. The molecule has 0 spiro atoms. The molecule has 1 fully saturated rings. The summed E-state index contributed by atoms with van der Waals surface area (Å²) in [6.45, 7) is 8.94. The Hall–Kier alpha value is -3.86. The van der Waals surface area contributed by atoms with Crippen LogP contribution in [0.5, 0.6) is 0 Å². The number of rotatable bonds is 5. The van der Waals surface area contributed by atoms with E-state index in [0.29, 0.717) is 48.6 Å². The summed E-state index contributed by atoms with van der Waals surface area (Å²) in [5, 5.41) is 22.3. The molecular formula is C26H29N5O3. The summed E-state index contributed by atoms with van der Waals surface area (Å²) in [6.07, 6.45) is 3.22. The van der Waals surface area contributed by atoms with Gasteiger partial charge in [0.15, 0.2) is 0 Å². The SMILES string of the molecule is Cc1cc([C@@H](C)Nc2ccccc2C(=O)O)c2nc(N3CCC(C)(C#N)CC3)c(C)c(=O)n2c1. The van der Waals surface area contributed by atoms with Gasteiger partial charge in [-0.3, -0.25) is 9.20 Å². The number of hydrogen-bond acceptors (Lipinski definition) is 6. The molecule has 3 aromatic rings. The summed E-state index contributed by atoms with van der Waals surface area (Å²) in [7, 11) is 0. The van der Waals surface area contributed by atoms with Crippen molar-refractivity contribution in [2.24, 2.45) is 5.41 Å². The Morgan fingerprint density at radius 2 is 1.94 bits per heavy atom. The fraction of sp³-hybridized carbons (Fsp3) is 0.385. The monoisotopic (exact) mass is 459 g/mol. The number of nitrogens with one attached hydrogen (secondary N) is 1. The second-order valence-corrected chi connectivity index (χ2v) is 9.41. The predicted octanol–water partition coefficient (Wildman–Crippen LogP) is 4.31. The van der Waals surface area contributed by atoms with Gasteiger partial charge in [0.2, 0.25) is 0 Å². The Kier molecular flexibility index (Phi) is 6.05. The standard InChI is InChI=1S/C26H29N5O3/c1-16-13-20(18(3)28-21-8-6-5-7-19(21)25(33)34)23-29-22(17(2)24(32)31(23)14-16)30-11-9-26(4,15-27)10-12-30/h5-8,13-14,18,28H,9-12H2,1-4H3,(H,33,34)/t18-/m1/s1. The number of piperidine rings is 1. The zero-order chi connectivity index (χ0) is 24.6. The van der Waals surface area contributed by atoms with Crippen LogP contribution < -0.4 is 15.8 Å². The van der Waals surface area contributed by atoms with E-state index in [1.807, 2.05) is 26.8 Å². The van der Waals surface area contributed by atoms with Gasteiger partial charge in [0.05, 0.1) is 28.7 Å². The van der Waals surface area contributed by atoms with Gasteiger partial charge in [-0.15, -0.1) is 0 Å². The summed E-state index contributed by atoms with van der Waals surface area (Å²) >= 11 is 0. The van der Waals surface area contributed by atoms with E-state index in [-0.39, 0.29) is 22.6 Å². The Balaban J connectivity index is 1.78. The lowest BCUT2D eigenvalue weighted by Gasteiger charge is -2.36. The number of aromatic carboxylic acids is 1. The molecule has 1 aliphatic rings. The number of pyridine rings is 1. The van der Waals surface area contributed by atoms with Gasteiger partial charge in [-0.05, 0) is 64.3 Å². The third-order valence-corrected chi connectivity index (χ3v) is 6.72. The highest BCUT2D eigenvalue weighted by molar-refractivity contribution is 5.94. The predicted molar refractivity (Wildman–Crippen MR) is 132 cm³/mol. The Labute approximate surface area is 198 Å². The quantitative estimate of drug-likeness (QED) is 0.585. The molecule has 0 aliphatic carbocycles. The first kappa shape index (κ1) is 23.3. The maximum Gasteiger partial charge on any atom is 0.337 e. The van der Waals surface area contributed by atoms with Gasteiger partial charge in [-0.1, -0.05) is 12.1 Å². The van der Waals surface area contributed by atoms with Gasteiger partial charge < -0.3 is 15.3 Å². The third-order valence-electron chi connectivity index (χ3n) is 6.72. The van der Waals surface area contributed by atoms with Crippen molar-refractivity contribution in [1.82, 2.24) is 9.38 Å². The molecule has 8 heteroatoms. The lowest BCUT2D eigenvalue weighted by atomic mass is 9.82. The smallest absolute Gasteiger partial charge is 0.337 e. The van der Waals surface area contributed by atoms with Gasteiger partial charge in [0.25, 0.3) is 5.56 Å². The van der Waals surface area contributed by atoms with Crippen molar-refractivity contribution in [2.75, 3.05) is 23.3 Å². The highest BCUT2D eigenvalue weighted by Crippen LogP contribution is 2.33. The van der Waals surface area contributed by atoms with Crippen LogP contribution >= 0.6 is 0 Å². The molecule has 2 N–H and O–H groups in total. The molecule has 2 aromatic heterocycles. The minimum Gasteiger partial charge on any atom is -0.478 e. The Morgan fingerprint density at radius 1 is 1.26 bits per heavy atom. The van der Waals surface area contributed by atoms with Crippen molar-refractivity contribution >= 4 is 23.1 Å². The number of fused-ring (bicyclic) bond motifs is 1. The molecule has 1 atom stereocenters. The molecule has 3 heterocycles. The molecule has 0 radical (unpaired) electrons. The number of carboxylic acid groups (broad SMARTS) is 1. The van der Waals surface area contributed by atoms with Crippen LogP contribution in [0.1, 0.15) is 59.8 Å². The van der Waals surface area contributed by atoms with Crippen molar-refractivity contribution in [3.05, 3.63) is 69.1 Å². The zero-order valence-electron chi connectivity index (χ0n) is 19.9. The number of nitriles is 1. The Bertz CT molecular complexity index is 1360. The van der Waals surface area contributed by atoms with Crippen LogP contribution in [0, 0.1) is 30.6 Å². The summed E-state index contributed by atoms with van der Waals surface area (Å²) in [4.78, 5) is 32.0. The average Bonchev–Trinajstić information content (AvgIpc) is 2.82. The van der Waals surface area contributed by atoms with E-state index < -0.39 is 5.97 Å². The molecule has 1 saturated heterocycles. The Morgan fingerprint density at radius 3 is 2.59 bits per heavy atom. The number of carbonyl (C=O) groups is 1. The van der Waals surface area contributed by atoms with Gasteiger partial charge in [0, 0.05) is 30.5 Å². The maximum atomic E-state index is 13.3. The van der Waals surface area contributed by atoms with E-state index in [4.69, 9.17) is 4.98 Å². The summed E-state index contributed by atoms with van der Waals surface area (Å²) < 4.78 is 1.58. The minimum absolute atomic E-state index is 0.128. The maximum absolute atomic E-state index is 13.3. The number of benzene rings is 1. The van der Waals surface area contributed by atoms with Crippen LogP contribution in [0.2, 0.25) is 0 Å². The van der Waals surface area contributed by atoms with Crippen molar-refractivity contribution in [3.63, 3.8) is 0 Å². The van der Waals surface area contributed by atoms with E-state index in [1.165, 1.54) is 0 Å². The molecular weight excluding hydrogens is 430 g/mol. The van der Waals surface area contributed by atoms with Crippen LogP contribution in [0.4, 0.5) is 11.5 Å². The van der Waals surface area contributed by atoms with E-state index in [0.717, 1.165) is 11.1 Å². The van der Waals surface area contributed by atoms with Gasteiger partial charge in [0.1, 0.15) is 11.5 Å². The zero-order valence-corrected chi connectivity index (χ0v) is 19.9. The fourth-order valence-electron chi connectivity index (χ4n) is 4.54. The second kappa shape index (κ2) is 8.82. The van der Waals surface area contributed by atoms with Crippen molar-refractivity contribution < 1.29 is 9.90 Å². The topological polar surface area (TPSA) is 111 Å². The van der Waals surface area contributed by atoms with Crippen molar-refractivity contribution in [1.29, 1.82) is 5.26 Å². The highest BCUT2D eigenvalue weighted by Gasteiger charge is 2.31. The minimum atomic E-state index is -1.01. The first-order chi connectivity index (χ1) is 16.1. The van der Waals surface area contributed by atoms with Crippen molar-refractivity contribution in [2.45, 2.75) is 46.6 Å². The molecule has 4 rings (SSSR count). The molecule has 176 valence electrons. The average molecular weight is 460 g/mol. The molecule has 34 heavy (non-hydrogen) atoms. The molecule has 8 nitrogen and oxygen atoms in total. The number of aryl methyl sites for hydroxylation is 1. The van der Waals surface area contributed by atoms with Gasteiger partial charge >= 0.3 is 5.97 Å². The number of aromatic nitrogens is 2. The number of para-hydroxylation sites is 1. The van der Waals surface area contributed by atoms with E-state index in [2.05, 4.69) is 16.3 Å². The van der Waals surface area contributed by atoms with Crippen LogP contribution in [0.25, 0.3) is 5.65 Å². The third kappa shape index (κ3) is 4.21. The molecule has 1 aromatic carbocycles. The molecule has 1 aliphatic heterocycles.